The summed E-state index contributed by atoms with van der Waals surface area (Å²) in [5.41, 5.74) is 1.67. The van der Waals surface area contributed by atoms with E-state index in [4.69, 9.17) is 11.6 Å². The van der Waals surface area contributed by atoms with Gasteiger partial charge in [0.05, 0.1) is 5.69 Å². The Bertz CT molecular complexity index is 905. The van der Waals surface area contributed by atoms with E-state index in [0.717, 1.165) is 0 Å². The Morgan fingerprint density at radius 2 is 2.00 bits per heavy atom. The maximum Gasteiger partial charge on any atom is 0.268 e. The molecule has 2 heterocycles. The minimum absolute atomic E-state index is 0.189. The standard InChI is InChI=1S/C19H16ClFN2O2S/c1-2-22-16-8-7-14(21)11-15(16)19(18(22)25)23(9-10-26-19)17(24)12-3-5-13(20)6-4-12/h3-8,11H,2,9-10H2,1H3. The number of carbonyl (C=O) groups is 2. The van der Waals surface area contributed by atoms with Crippen LogP contribution in [0.2, 0.25) is 5.02 Å². The zero-order valence-corrected chi connectivity index (χ0v) is 15.6. The van der Waals surface area contributed by atoms with E-state index in [2.05, 4.69) is 0 Å². The fraction of sp³-hybridized carbons (Fsp3) is 0.263. The summed E-state index contributed by atoms with van der Waals surface area (Å²) >= 11 is 7.30. The van der Waals surface area contributed by atoms with Crippen molar-refractivity contribution in [1.82, 2.24) is 4.90 Å². The van der Waals surface area contributed by atoms with E-state index < -0.39 is 10.7 Å². The van der Waals surface area contributed by atoms with E-state index in [-0.39, 0.29) is 11.8 Å². The molecular weight excluding hydrogens is 375 g/mol. The summed E-state index contributed by atoms with van der Waals surface area (Å²) < 4.78 is 14.0. The topological polar surface area (TPSA) is 40.6 Å². The van der Waals surface area contributed by atoms with Crippen molar-refractivity contribution in [3.05, 3.63) is 64.4 Å². The van der Waals surface area contributed by atoms with Gasteiger partial charge in [0.2, 0.25) is 0 Å². The van der Waals surface area contributed by atoms with Gasteiger partial charge in [-0.15, -0.1) is 11.8 Å². The van der Waals surface area contributed by atoms with Crippen LogP contribution in [0.5, 0.6) is 0 Å². The third-order valence-corrected chi connectivity index (χ3v) is 6.48. The van der Waals surface area contributed by atoms with Gasteiger partial charge in [-0.1, -0.05) is 11.6 Å². The number of carbonyl (C=O) groups excluding carboxylic acids is 2. The summed E-state index contributed by atoms with van der Waals surface area (Å²) in [6.45, 7) is 2.75. The summed E-state index contributed by atoms with van der Waals surface area (Å²) in [6.07, 6.45) is 0. The van der Waals surface area contributed by atoms with Gasteiger partial charge in [0, 0.05) is 35.0 Å². The van der Waals surface area contributed by atoms with E-state index in [9.17, 15) is 14.0 Å². The van der Waals surface area contributed by atoms with Crippen LogP contribution in [0.3, 0.4) is 0 Å². The van der Waals surface area contributed by atoms with Crippen molar-refractivity contribution >= 4 is 40.9 Å². The van der Waals surface area contributed by atoms with E-state index in [1.165, 1.54) is 23.9 Å². The Morgan fingerprint density at radius 3 is 2.69 bits per heavy atom. The van der Waals surface area contributed by atoms with Crippen LogP contribution in [0.15, 0.2) is 42.5 Å². The van der Waals surface area contributed by atoms with Gasteiger partial charge in [-0.05, 0) is 49.4 Å². The Morgan fingerprint density at radius 1 is 1.27 bits per heavy atom. The molecule has 1 saturated heterocycles. The molecule has 0 aliphatic carbocycles. The van der Waals surface area contributed by atoms with Crippen molar-refractivity contribution in [2.24, 2.45) is 0 Å². The molecule has 2 aromatic carbocycles. The molecule has 1 unspecified atom stereocenters. The molecule has 0 aromatic heterocycles. The maximum atomic E-state index is 14.0. The number of anilines is 1. The molecule has 134 valence electrons. The Hall–Kier alpha value is -2.05. The minimum atomic E-state index is -1.20. The van der Waals surface area contributed by atoms with Crippen LogP contribution in [-0.2, 0) is 9.67 Å². The fourth-order valence-corrected chi connectivity index (χ4v) is 5.23. The van der Waals surface area contributed by atoms with E-state index in [1.807, 2.05) is 6.92 Å². The highest BCUT2D eigenvalue weighted by atomic mass is 35.5. The molecular formula is C19H16ClFN2O2S. The monoisotopic (exact) mass is 390 g/mol. The second-order valence-corrected chi connectivity index (χ2v) is 7.89. The van der Waals surface area contributed by atoms with Crippen LogP contribution in [0.25, 0.3) is 0 Å². The number of amides is 2. The molecule has 0 bridgehead atoms. The zero-order valence-electron chi connectivity index (χ0n) is 14.0. The lowest BCUT2D eigenvalue weighted by atomic mass is 10.0. The first-order valence-corrected chi connectivity index (χ1v) is 9.69. The zero-order chi connectivity index (χ0) is 18.5. The molecule has 0 N–H and O–H groups in total. The Balaban J connectivity index is 1.84. The quantitative estimate of drug-likeness (QED) is 0.781. The molecule has 2 amide bonds. The first kappa shape index (κ1) is 17.4. The second kappa shape index (κ2) is 6.28. The maximum absolute atomic E-state index is 14.0. The largest absolute Gasteiger partial charge is 0.311 e. The van der Waals surface area contributed by atoms with Gasteiger partial charge in [-0.3, -0.25) is 9.59 Å². The van der Waals surface area contributed by atoms with Crippen molar-refractivity contribution in [2.45, 2.75) is 11.8 Å². The molecule has 4 nitrogen and oxygen atoms in total. The first-order chi connectivity index (χ1) is 12.5. The highest BCUT2D eigenvalue weighted by Crippen LogP contribution is 2.54. The van der Waals surface area contributed by atoms with Crippen molar-refractivity contribution in [1.29, 1.82) is 0 Å². The van der Waals surface area contributed by atoms with E-state index in [0.29, 0.717) is 40.7 Å². The van der Waals surface area contributed by atoms with Crippen LogP contribution in [-0.4, -0.2) is 35.6 Å². The van der Waals surface area contributed by atoms with Gasteiger partial charge in [0.15, 0.2) is 4.87 Å². The second-order valence-electron chi connectivity index (χ2n) is 6.17. The average molecular weight is 391 g/mol. The highest BCUT2D eigenvalue weighted by Gasteiger charge is 2.59. The number of halogens is 2. The molecule has 1 atom stereocenters. The van der Waals surface area contributed by atoms with Crippen LogP contribution >= 0.6 is 23.4 Å². The lowest BCUT2D eigenvalue weighted by molar-refractivity contribution is -0.123. The third kappa shape index (κ3) is 2.36. The Labute approximate surface area is 159 Å². The molecule has 4 rings (SSSR count). The van der Waals surface area contributed by atoms with Gasteiger partial charge < -0.3 is 9.80 Å². The number of fused-ring (bicyclic) bond motifs is 2. The van der Waals surface area contributed by atoms with E-state index in [1.54, 1.807) is 40.1 Å². The van der Waals surface area contributed by atoms with Crippen LogP contribution in [0.1, 0.15) is 22.8 Å². The lowest BCUT2D eigenvalue weighted by Crippen LogP contribution is -2.50. The predicted molar refractivity (Wildman–Crippen MR) is 101 cm³/mol. The normalized spacial score (nSPS) is 21.6. The number of hydrogen-bond acceptors (Lipinski definition) is 3. The summed E-state index contributed by atoms with van der Waals surface area (Å²) in [5.74, 6) is -0.252. The molecule has 2 aliphatic rings. The Kier molecular flexibility index (Phi) is 4.20. The summed E-state index contributed by atoms with van der Waals surface area (Å²) in [5, 5.41) is 0.536. The first-order valence-electron chi connectivity index (χ1n) is 8.32. The van der Waals surface area contributed by atoms with Crippen LogP contribution < -0.4 is 4.90 Å². The molecule has 1 spiro atoms. The SMILES string of the molecule is CCN1C(=O)C2(SCCN2C(=O)c2ccc(Cl)cc2)c2cc(F)ccc21. The van der Waals surface area contributed by atoms with Crippen molar-refractivity contribution in [3.63, 3.8) is 0 Å². The van der Waals surface area contributed by atoms with Gasteiger partial charge in [-0.25, -0.2) is 4.39 Å². The summed E-state index contributed by atoms with van der Waals surface area (Å²) in [6, 6.07) is 10.9. The summed E-state index contributed by atoms with van der Waals surface area (Å²) in [7, 11) is 0. The number of benzene rings is 2. The van der Waals surface area contributed by atoms with Gasteiger partial charge in [0.1, 0.15) is 5.82 Å². The number of thioether (sulfide) groups is 1. The molecule has 2 aromatic rings. The molecule has 2 aliphatic heterocycles. The molecule has 0 radical (unpaired) electrons. The van der Waals surface area contributed by atoms with Crippen LogP contribution in [0.4, 0.5) is 10.1 Å². The number of hydrogen-bond donors (Lipinski definition) is 0. The van der Waals surface area contributed by atoms with Crippen molar-refractivity contribution < 1.29 is 14.0 Å². The number of likely N-dealkylation sites (N-methyl/N-ethyl adjacent to an activating group) is 1. The molecule has 26 heavy (non-hydrogen) atoms. The smallest absolute Gasteiger partial charge is 0.268 e. The van der Waals surface area contributed by atoms with Crippen molar-refractivity contribution in [2.75, 3.05) is 23.7 Å². The van der Waals surface area contributed by atoms with Gasteiger partial charge in [0.25, 0.3) is 11.8 Å². The molecule has 0 saturated carbocycles. The minimum Gasteiger partial charge on any atom is -0.311 e. The van der Waals surface area contributed by atoms with Gasteiger partial charge in [-0.2, -0.15) is 0 Å². The predicted octanol–water partition coefficient (Wildman–Crippen LogP) is 3.89. The van der Waals surface area contributed by atoms with E-state index >= 15 is 0 Å². The number of nitrogens with zero attached hydrogens (tertiary/aromatic N) is 2. The summed E-state index contributed by atoms with van der Waals surface area (Å²) in [4.78, 5) is 28.4. The van der Waals surface area contributed by atoms with Crippen molar-refractivity contribution in [3.8, 4) is 0 Å². The van der Waals surface area contributed by atoms with Gasteiger partial charge >= 0.3 is 0 Å². The molecule has 7 heteroatoms. The third-order valence-electron chi connectivity index (χ3n) is 4.81. The van der Waals surface area contributed by atoms with Crippen LogP contribution in [0, 0.1) is 5.82 Å². The fourth-order valence-electron chi connectivity index (χ4n) is 3.65. The lowest BCUT2D eigenvalue weighted by Gasteiger charge is -2.33. The highest BCUT2D eigenvalue weighted by molar-refractivity contribution is 8.01. The molecule has 1 fully saturated rings. The average Bonchev–Trinajstić information content (AvgIpc) is 3.17. The number of rotatable bonds is 2.